The van der Waals surface area contributed by atoms with Crippen LogP contribution in [0.3, 0.4) is 0 Å². The third-order valence-electron chi connectivity index (χ3n) is 15.1. The van der Waals surface area contributed by atoms with Crippen LogP contribution in [0.5, 0.6) is 0 Å². The van der Waals surface area contributed by atoms with Crippen molar-refractivity contribution < 1.29 is 42.1 Å². The third kappa shape index (κ3) is 60.2. The van der Waals surface area contributed by atoms with Gasteiger partial charge in [-0.3, -0.25) is 14.2 Å². The lowest BCUT2D eigenvalue weighted by Crippen LogP contribution is -2.37. The zero-order valence-corrected chi connectivity index (χ0v) is 51.2. The first-order valence-corrected chi connectivity index (χ1v) is 34.2. The molecule has 9 nitrogen and oxygen atoms in total. The zero-order valence-electron chi connectivity index (χ0n) is 50.3. The lowest BCUT2D eigenvalue weighted by Gasteiger charge is -2.28. The Labute approximate surface area is 461 Å². The monoisotopic (exact) mass is 1070 g/mol. The van der Waals surface area contributed by atoms with Crippen LogP contribution in [0.2, 0.25) is 0 Å². The van der Waals surface area contributed by atoms with Crippen LogP contribution in [-0.2, 0) is 32.7 Å². The zero-order chi connectivity index (χ0) is 54.2. The lowest BCUT2D eigenvalue weighted by molar-refractivity contribution is -0.870. The molecule has 0 aromatic rings. The Morgan fingerprint density at radius 2 is 0.608 bits per heavy atom. The van der Waals surface area contributed by atoms with Crippen molar-refractivity contribution in [1.29, 1.82) is 0 Å². The summed E-state index contributed by atoms with van der Waals surface area (Å²) in [6.07, 6.45) is 66.2. The van der Waals surface area contributed by atoms with E-state index in [-0.39, 0.29) is 32.0 Å². The summed E-state index contributed by atoms with van der Waals surface area (Å²) in [4.78, 5) is 37.9. The van der Waals surface area contributed by atoms with Gasteiger partial charge in [0.05, 0.1) is 27.7 Å². The summed E-state index contributed by atoms with van der Waals surface area (Å²) >= 11 is 0. The number of phosphoric ester groups is 1. The number of quaternary nitrogens is 1. The smallest absolute Gasteiger partial charge is 0.306 e. The van der Waals surface area contributed by atoms with Gasteiger partial charge in [0.25, 0.3) is 7.82 Å². The minimum Gasteiger partial charge on any atom is -0.756 e. The lowest BCUT2D eigenvalue weighted by atomic mass is 10.0. The first-order chi connectivity index (χ1) is 36.0. The number of hydrogen-bond donors (Lipinski definition) is 0. The third-order valence-corrected chi connectivity index (χ3v) is 16.1. The molecule has 0 aromatic carbocycles. The normalized spacial score (nSPS) is 13.1. The van der Waals surface area contributed by atoms with Crippen LogP contribution in [0.15, 0.2) is 0 Å². The van der Waals surface area contributed by atoms with Gasteiger partial charge in [-0.15, -0.1) is 0 Å². The molecule has 0 aliphatic carbocycles. The van der Waals surface area contributed by atoms with E-state index in [2.05, 4.69) is 13.8 Å². The van der Waals surface area contributed by atoms with Crippen LogP contribution in [-0.4, -0.2) is 70.0 Å². The van der Waals surface area contributed by atoms with Crippen molar-refractivity contribution in [2.45, 2.75) is 354 Å². The molecule has 0 saturated heterocycles. The highest BCUT2D eigenvalue weighted by molar-refractivity contribution is 7.45. The highest BCUT2D eigenvalue weighted by atomic mass is 31.2. The Kier molecular flexibility index (Phi) is 56.0. The first kappa shape index (κ1) is 73.0. The predicted molar refractivity (Wildman–Crippen MR) is 315 cm³/mol. The van der Waals surface area contributed by atoms with E-state index < -0.39 is 26.5 Å². The summed E-state index contributed by atoms with van der Waals surface area (Å²) in [6.45, 7) is 4.32. The number of carbonyl (C=O) groups excluding carboxylic acids is 2. The minimum absolute atomic E-state index is 0.0250. The molecule has 0 aliphatic rings. The van der Waals surface area contributed by atoms with Gasteiger partial charge < -0.3 is 27.9 Å². The molecule has 0 aliphatic heterocycles. The van der Waals surface area contributed by atoms with Crippen molar-refractivity contribution >= 4 is 19.8 Å². The predicted octanol–water partition coefficient (Wildman–Crippen LogP) is 20.0. The topological polar surface area (TPSA) is 111 Å². The quantitative estimate of drug-likeness (QED) is 0.0256. The van der Waals surface area contributed by atoms with Crippen molar-refractivity contribution in [3.05, 3.63) is 0 Å². The van der Waals surface area contributed by atoms with E-state index >= 15 is 0 Å². The van der Waals surface area contributed by atoms with Crippen LogP contribution >= 0.6 is 7.82 Å². The fraction of sp³-hybridized carbons (Fsp3) is 0.969. The summed E-state index contributed by atoms with van der Waals surface area (Å²) in [5.41, 5.74) is 0. The minimum atomic E-state index is -4.63. The number of phosphoric acid groups is 1. The highest BCUT2D eigenvalue weighted by Crippen LogP contribution is 2.38. The molecule has 0 amide bonds. The maximum Gasteiger partial charge on any atom is 0.306 e. The first-order valence-electron chi connectivity index (χ1n) is 32.7. The van der Waals surface area contributed by atoms with Gasteiger partial charge in [-0.05, 0) is 12.8 Å². The molecular weight excluding hydrogens is 942 g/mol. The number of esters is 2. The van der Waals surface area contributed by atoms with Crippen LogP contribution in [0.4, 0.5) is 0 Å². The number of carbonyl (C=O) groups is 2. The fourth-order valence-electron chi connectivity index (χ4n) is 10.1. The van der Waals surface area contributed by atoms with Gasteiger partial charge >= 0.3 is 11.9 Å². The number of ether oxygens (including phenoxy) is 2. The Morgan fingerprint density at radius 3 is 0.865 bits per heavy atom. The molecule has 0 radical (unpaired) electrons. The second-order valence-electron chi connectivity index (χ2n) is 23.9. The van der Waals surface area contributed by atoms with Gasteiger partial charge in [0.2, 0.25) is 0 Å². The number of unbranched alkanes of at least 4 members (excludes halogenated alkanes) is 48. The summed E-state index contributed by atoms with van der Waals surface area (Å²) in [5, 5.41) is 0. The van der Waals surface area contributed by atoms with Crippen molar-refractivity contribution in [3.63, 3.8) is 0 Å². The van der Waals surface area contributed by atoms with E-state index in [4.69, 9.17) is 18.5 Å². The summed E-state index contributed by atoms with van der Waals surface area (Å²) < 4.78 is 34.2. The van der Waals surface area contributed by atoms with Gasteiger partial charge in [-0.2, -0.15) is 0 Å². The summed E-state index contributed by atoms with van der Waals surface area (Å²) in [6, 6.07) is 0. The van der Waals surface area contributed by atoms with Crippen molar-refractivity contribution in [2.24, 2.45) is 0 Å². The van der Waals surface area contributed by atoms with Gasteiger partial charge in [-0.1, -0.05) is 322 Å². The van der Waals surface area contributed by atoms with E-state index in [1.807, 2.05) is 21.1 Å². The second-order valence-corrected chi connectivity index (χ2v) is 25.3. The molecule has 0 aromatic heterocycles. The van der Waals surface area contributed by atoms with E-state index in [1.165, 1.54) is 283 Å². The van der Waals surface area contributed by atoms with Crippen molar-refractivity contribution in [3.8, 4) is 0 Å². The Bertz CT molecular complexity index is 1210. The molecular formula is C64H128NO8P. The van der Waals surface area contributed by atoms with Crippen molar-refractivity contribution in [1.82, 2.24) is 0 Å². The maximum atomic E-state index is 12.8. The second kappa shape index (κ2) is 56.7. The molecule has 0 fully saturated rings. The fourth-order valence-corrected chi connectivity index (χ4v) is 10.8. The Hall–Kier alpha value is -0.990. The van der Waals surface area contributed by atoms with Gasteiger partial charge in [0, 0.05) is 12.8 Å². The van der Waals surface area contributed by atoms with E-state index in [0.29, 0.717) is 17.4 Å². The molecule has 0 heterocycles. The average Bonchev–Trinajstić information content (AvgIpc) is 3.36. The Balaban J connectivity index is 3.92. The molecule has 10 heteroatoms. The molecule has 0 N–H and O–H groups in total. The number of hydrogen-bond acceptors (Lipinski definition) is 8. The molecule has 2 atom stereocenters. The van der Waals surface area contributed by atoms with E-state index in [1.54, 1.807) is 0 Å². The van der Waals surface area contributed by atoms with Gasteiger partial charge in [0.15, 0.2) is 6.10 Å². The van der Waals surface area contributed by atoms with Gasteiger partial charge in [-0.25, -0.2) is 0 Å². The van der Waals surface area contributed by atoms with E-state index in [9.17, 15) is 19.0 Å². The maximum absolute atomic E-state index is 12.8. The molecule has 0 bridgehead atoms. The summed E-state index contributed by atoms with van der Waals surface area (Å²) in [7, 11) is 1.19. The molecule has 74 heavy (non-hydrogen) atoms. The van der Waals surface area contributed by atoms with Crippen LogP contribution in [0.1, 0.15) is 348 Å². The van der Waals surface area contributed by atoms with Crippen LogP contribution in [0.25, 0.3) is 0 Å². The highest BCUT2D eigenvalue weighted by Gasteiger charge is 2.22. The molecule has 0 spiro atoms. The molecule has 442 valence electrons. The van der Waals surface area contributed by atoms with E-state index in [0.717, 1.165) is 32.1 Å². The average molecular weight is 1070 g/mol. The van der Waals surface area contributed by atoms with Crippen LogP contribution < -0.4 is 4.89 Å². The number of rotatable bonds is 62. The Morgan fingerprint density at radius 1 is 0.365 bits per heavy atom. The van der Waals surface area contributed by atoms with Crippen LogP contribution in [0, 0.1) is 0 Å². The summed E-state index contributed by atoms with van der Waals surface area (Å²) in [5.74, 6) is -0.808. The van der Waals surface area contributed by atoms with Gasteiger partial charge in [0.1, 0.15) is 19.8 Å². The molecule has 0 saturated carbocycles. The number of likely N-dealkylation sites (N-methyl/N-ethyl adjacent to an activating group) is 1. The number of nitrogens with zero attached hydrogens (tertiary/aromatic N) is 1. The molecule has 2 unspecified atom stereocenters. The largest absolute Gasteiger partial charge is 0.756 e. The SMILES string of the molecule is CCCCCCCCCCCCCCCCCCCCCCCCCCCCCCCCCCCCC(=O)OC(COC(=O)CCCCCCCCCCCCCCCCCC)COP(=O)([O-])OCC[N+](C)(C)C. The molecule has 0 rings (SSSR count). The van der Waals surface area contributed by atoms with Crippen molar-refractivity contribution in [2.75, 3.05) is 47.5 Å². The standard InChI is InChI=1S/C64H128NO8P/c1-6-8-10-12-14-16-18-20-22-24-25-26-27-28-29-30-31-32-33-34-35-36-37-38-39-40-41-43-45-47-49-51-53-55-57-64(67)73-62(61-72-74(68,69)71-59-58-65(3,4)5)60-70-63(66)56-54-52-50-48-46-44-42-23-21-19-17-15-13-11-9-7-2/h62H,6-61H2,1-5H3.